The molecule has 0 saturated heterocycles. The molecule has 0 atom stereocenters. The van der Waals surface area contributed by atoms with Gasteiger partial charge in [0.05, 0.1) is 18.6 Å². The number of fused-ring (bicyclic) bond motifs is 1. The molecule has 6 heteroatoms. The lowest BCUT2D eigenvalue weighted by molar-refractivity contribution is -0.113. The lowest BCUT2D eigenvalue weighted by atomic mass is 10.1. The van der Waals surface area contributed by atoms with Gasteiger partial charge in [-0.15, -0.1) is 11.8 Å². The van der Waals surface area contributed by atoms with Crippen LogP contribution in [0.5, 0.6) is 5.75 Å². The molecule has 0 bridgehead atoms. The van der Waals surface area contributed by atoms with E-state index in [1.807, 2.05) is 31.2 Å². The van der Waals surface area contributed by atoms with Gasteiger partial charge in [-0.25, -0.2) is 0 Å². The molecule has 0 unspecified atom stereocenters. The van der Waals surface area contributed by atoms with Crippen LogP contribution in [0.4, 0.5) is 5.69 Å². The molecule has 0 aliphatic rings. The predicted molar refractivity (Wildman–Crippen MR) is 106 cm³/mol. The Bertz CT molecular complexity index is 932. The Hall–Kier alpha value is -2.73. The van der Waals surface area contributed by atoms with Crippen molar-refractivity contribution in [2.24, 2.45) is 0 Å². The summed E-state index contributed by atoms with van der Waals surface area (Å²) in [6.07, 6.45) is 0. The van der Waals surface area contributed by atoms with E-state index in [1.54, 1.807) is 31.4 Å². The molecule has 1 amide bonds. The summed E-state index contributed by atoms with van der Waals surface area (Å²) in [6.45, 7) is 1.90. The third kappa shape index (κ3) is 4.08. The number of benzene rings is 2. The van der Waals surface area contributed by atoms with Crippen molar-refractivity contribution in [1.29, 1.82) is 0 Å². The van der Waals surface area contributed by atoms with Gasteiger partial charge in [0.2, 0.25) is 5.91 Å². The molecule has 0 spiro atoms. The fourth-order valence-electron chi connectivity index (χ4n) is 2.82. The molecular weight excluding hydrogens is 348 g/mol. The van der Waals surface area contributed by atoms with Gasteiger partial charge in [-0.1, -0.05) is 18.2 Å². The van der Waals surface area contributed by atoms with Crippen molar-refractivity contribution in [2.75, 3.05) is 23.9 Å². The number of thioether (sulfide) groups is 1. The third-order valence-electron chi connectivity index (χ3n) is 4.01. The highest BCUT2D eigenvalue weighted by atomic mass is 32.2. The van der Waals surface area contributed by atoms with Crippen molar-refractivity contribution < 1.29 is 14.3 Å². The second-order valence-electron chi connectivity index (χ2n) is 5.86. The van der Waals surface area contributed by atoms with Gasteiger partial charge in [-0.3, -0.25) is 9.59 Å². The molecule has 1 heterocycles. The molecule has 1 aromatic heterocycles. The number of carbonyl (C=O) groups is 2. The van der Waals surface area contributed by atoms with Crippen LogP contribution in [0, 0.1) is 6.92 Å². The fraction of sp³-hybridized carbons (Fsp3) is 0.200. The number of Topliss-reactive ketones (excluding diaryl/α,β-unsaturated/α-hetero) is 1. The van der Waals surface area contributed by atoms with Crippen molar-refractivity contribution in [3.63, 3.8) is 0 Å². The second-order valence-corrected chi connectivity index (χ2v) is 6.85. The van der Waals surface area contributed by atoms with Crippen molar-refractivity contribution in [3.8, 4) is 5.75 Å². The van der Waals surface area contributed by atoms with E-state index in [0.29, 0.717) is 11.3 Å². The summed E-state index contributed by atoms with van der Waals surface area (Å²) in [6, 6.07) is 14.9. The predicted octanol–water partition coefficient (Wildman–Crippen LogP) is 4.04. The van der Waals surface area contributed by atoms with E-state index in [9.17, 15) is 9.59 Å². The number of nitrogens with one attached hydrogen (secondary N) is 2. The van der Waals surface area contributed by atoms with Crippen LogP contribution in [-0.4, -0.2) is 35.3 Å². The summed E-state index contributed by atoms with van der Waals surface area (Å²) < 4.78 is 5.08. The number of aryl methyl sites for hydroxylation is 1. The smallest absolute Gasteiger partial charge is 0.234 e. The first kappa shape index (κ1) is 18.1. The molecule has 0 fully saturated rings. The molecule has 134 valence electrons. The van der Waals surface area contributed by atoms with E-state index >= 15 is 0 Å². The maximum atomic E-state index is 12.6. The quantitative estimate of drug-likeness (QED) is 0.618. The van der Waals surface area contributed by atoms with Crippen molar-refractivity contribution in [1.82, 2.24) is 4.98 Å². The molecular formula is C20H20N2O3S. The number of rotatable bonds is 7. The lowest BCUT2D eigenvalue weighted by Crippen LogP contribution is -2.15. The summed E-state index contributed by atoms with van der Waals surface area (Å²) in [5, 5.41) is 3.74. The normalized spacial score (nSPS) is 10.7. The summed E-state index contributed by atoms with van der Waals surface area (Å²) in [5.74, 6) is 1.11. The zero-order chi connectivity index (χ0) is 18.5. The molecule has 0 aliphatic heterocycles. The van der Waals surface area contributed by atoms with Gasteiger partial charge in [0.1, 0.15) is 5.75 Å². The number of H-pyrrole nitrogens is 1. The molecule has 3 aromatic rings. The maximum Gasteiger partial charge on any atom is 0.234 e. The zero-order valence-electron chi connectivity index (χ0n) is 14.7. The van der Waals surface area contributed by atoms with Gasteiger partial charge in [0, 0.05) is 27.8 Å². The summed E-state index contributed by atoms with van der Waals surface area (Å²) >= 11 is 1.31. The van der Waals surface area contributed by atoms with Crippen LogP contribution < -0.4 is 10.1 Å². The van der Waals surface area contributed by atoms with Crippen LogP contribution in [0.2, 0.25) is 0 Å². The number of anilines is 1. The van der Waals surface area contributed by atoms with Crippen molar-refractivity contribution >= 4 is 40.0 Å². The number of carbonyl (C=O) groups excluding carboxylic acids is 2. The Morgan fingerprint density at radius 3 is 2.54 bits per heavy atom. The highest BCUT2D eigenvalue weighted by Gasteiger charge is 2.16. The van der Waals surface area contributed by atoms with E-state index in [2.05, 4.69) is 10.3 Å². The number of ether oxygens (including phenoxy) is 1. The second kappa shape index (κ2) is 8.10. The molecule has 0 aliphatic carbocycles. The van der Waals surface area contributed by atoms with Crippen LogP contribution in [0.15, 0.2) is 48.5 Å². The third-order valence-corrected chi connectivity index (χ3v) is 4.95. The van der Waals surface area contributed by atoms with E-state index in [1.165, 1.54) is 11.8 Å². The summed E-state index contributed by atoms with van der Waals surface area (Å²) in [5.41, 5.74) is 3.23. The topological polar surface area (TPSA) is 71.2 Å². The van der Waals surface area contributed by atoms with Gasteiger partial charge in [0.25, 0.3) is 0 Å². The first-order chi connectivity index (χ1) is 12.6. The maximum absolute atomic E-state index is 12.6. The molecule has 5 nitrogen and oxygen atoms in total. The Morgan fingerprint density at radius 2 is 1.81 bits per heavy atom. The van der Waals surface area contributed by atoms with Crippen LogP contribution in [0.3, 0.4) is 0 Å². The van der Waals surface area contributed by atoms with E-state index in [-0.39, 0.29) is 23.2 Å². The molecule has 2 N–H and O–H groups in total. The number of methoxy groups -OCH3 is 1. The molecule has 0 saturated carbocycles. The van der Waals surface area contributed by atoms with Crippen LogP contribution in [0.25, 0.3) is 10.9 Å². The molecule has 26 heavy (non-hydrogen) atoms. The van der Waals surface area contributed by atoms with Gasteiger partial charge >= 0.3 is 0 Å². The van der Waals surface area contributed by atoms with Crippen molar-refractivity contribution in [2.45, 2.75) is 6.92 Å². The monoisotopic (exact) mass is 368 g/mol. The molecule has 2 aromatic carbocycles. The van der Waals surface area contributed by atoms with Gasteiger partial charge < -0.3 is 15.0 Å². The van der Waals surface area contributed by atoms with Gasteiger partial charge in [0.15, 0.2) is 5.78 Å². The Labute approximate surface area is 156 Å². The van der Waals surface area contributed by atoms with E-state index in [0.717, 1.165) is 22.3 Å². The summed E-state index contributed by atoms with van der Waals surface area (Å²) in [4.78, 5) is 27.8. The van der Waals surface area contributed by atoms with E-state index < -0.39 is 0 Å². The number of aromatic amines is 1. The number of hydrogen-bond acceptors (Lipinski definition) is 4. The zero-order valence-corrected chi connectivity index (χ0v) is 15.5. The van der Waals surface area contributed by atoms with Gasteiger partial charge in [-0.2, -0.15) is 0 Å². The first-order valence-electron chi connectivity index (χ1n) is 8.20. The number of ketones is 1. The first-order valence-corrected chi connectivity index (χ1v) is 9.36. The average Bonchev–Trinajstić information content (AvgIpc) is 2.98. The fourth-order valence-corrected chi connectivity index (χ4v) is 3.51. The highest BCUT2D eigenvalue weighted by Crippen LogP contribution is 2.23. The number of para-hydroxylation sites is 1. The highest BCUT2D eigenvalue weighted by molar-refractivity contribution is 8.00. The van der Waals surface area contributed by atoms with Gasteiger partial charge in [-0.05, 0) is 37.3 Å². The largest absolute Gasteiger partial charge is 0.497 e. The minimum Gasteiger partial charge on any atom is -0.497 e. The number of hydrogen-bond donors (Lipinski definition) is 2. The number of aromatic nitrogens is 1. The average molecular weight is 368 g/mol. The summed E-state index contributed by atoms with van der Waals surface area (Å²) in [7, 11) is 1.59. The van der Waals surface area contributed by atoms with Crippen LogP contribution in [0.1, 0.15) is 16.1 Å². The standard InChI is InChI=1S/C20H20N2O3S/c1-13-20(16-5-3-4-6-17(16)21-13)18(23)11-26-12-19(24)22-14-7-9-15(25-2)10-8-14/h3-10,21H,11-12H2,1-2H3,(H,22,24). The Morgan fingerprint density at radius 1 is 1.08 bits per heavy atom. The molecule has 3 rings (SSSR count). The van der Waals surface area contributed by atoms with Crippen LogP contribution in [-0.2, 0) is 4.79 Å². The Balaban J connectivity index is 1.54. The number of amides is 1. The minimum absolute atomic E-state index is 0.0298. The van der Waals surface area contributed by atoms with Crippen molar-refractivity contribution in [3.05, 3.63) is 59.8 Å². The van der Waals surface area contributed by atoms with E-state index in [4.69, 9.17) is 4.74 Å². The minimum atomic E-state index is -0.136. The SMILES string of the molecule is COc1ccc(NC(=O)CSCC(=O)c2c(C)[nH]c3ccccc23)cc1. The Kier molecular flexibility index (Phi) is 5.63. The lowest BCUT2D eigenvalue weighted by Gasteiger charge is -2.06. The molecule has 0 radical (unpaired) electrons. The van der Waals surface area contributed by atoms with Crippen LogP contribution >= 0.6 is 11.8 Å².